The van der Waals surface area contributed by atoms with E-state index in [9.17, 15) is 14.7 Å². The van der Waals surface area contributed by atoms with Gasteiger partial charge in [0.1, 0.15) is 6.61 Å². The van der Waals surface area contributed by atoms with Gasteiger partial charge in [0.2, 0.25) is 0 Å². The van der Waals surface area contributed by atoms with Crippen molar-refractivity contribution in [3.05, 3.63) is 48.6 Å². The molecular formula is C39H68O5. The van der Waals surface area contributed by atoms with Crippen LogP contribution in [0, 0.1) is 0 Å². The van der Waals surface area contributed by atoms with Gasteiger partial charge in [0.15, 0.2) is 6.10 Å². The van der Waals surface area contributed by atoms with Crippen molar-refractivity contribution in [1.82, 2.24) is 0 Å². The summed E-state index contributed by atoms with van der Waals surface area (Å²) in [7, 11) is 0. The van der Waals surface area contributed by atoms with Gasteiger partial charge in [0, 0.05) is 12.8 Å². The number of hydrogen-bond donors (Lipinski definition) is 1. The Balaban J connectivity index is 3.62. The van der Waals surface area contributed by atoms with E-state index in [-0.39, 0.29) is 25.2 Å². The molecule has 0 saturated heterocycles. The number of aliphatic hydroxyl groups excluding tert-OH is 1. The van der Waals surface area contributed by atoms with Gasteiger partial charge < -0.3 is 14.6 Å². The molecule has 0 aliphatic heterocycles. The monoisotopic (exact) mass is 617 g/mol. The lowest BCUT2D eigenvalue weighted by Gasteiger charge is -2.15. The SMILES string of the molecule is CC/C=C\C/C=C\C/C=C\CCCCCCCC(=O)OC(CO)COC(=O)CCCCCCC/C=C\CCCCCCCC. The van der Waals surface area contributed by atoms with E-state index in [0.29, 0.717) is 12.8 Å². The van der Waals surface area contributed by atoms with Crippen LogP contribution in [0.25, 0.3) is 0 Å². The highest BCUT2D eigenvalue weighted by Crippen LogP contribution is 2.12. The molecule has 1 atom stereocenters. The van der Waals surface area contributed by atoms with Crippen LogP contribution in [-0.4, -0.2) is 36.4 Å². The van der Waals surface area contributed by atoms with Gasteiger partial charge in [-0.15, -0.1) is 0 Å². The fraction of sp³-hybridized carbons (Fsp3) is 0.744. The Labute approximate surface area is 271 Å². The van der Waals surface area contributed by atoms with Crippen molar-refractivity contribution in [1.29, 1.82) is 0 Å². The zero-order valence-corrected chi connectivity index (χ0v) is 28.7. The van der Waals surface area contributed by atoms with Crippen LogP contribution >= 0.6 is 0 Å². The number of unbranched alkanes of at least 4 members (excludes halogenated alkanes) is 16. The smallest absolute Gasteiger partial charge is 0.306 e. The van der Waals surface area contributed by atoms with Gasteiger partial charge in [0.25, 0.3) is 0 Å². The Morgan fingerprint density at radius 3 is 1.50 bits per heavy atom. The molecule has 0 fully saturated rings. The molecule has 0 spiro atoms. The molecule has 5 heteroatoms. The molecule has 0 aromatic heterocycles. The van der Waals surface area contributed by atoms with E-state index in [1.54, 1.807) is 0 Å². The number of esters is 2. The van der Waals surface area contributed by atoms with Crippen LogP contribution in [0.4, 0.5) is 0 Å². The molecule has 1 unspecified atom stereocenters. The quantitative estimate of drug-likeness (QED) is 0.0462. The summed E-state index contributed by atoms with van der Waals surface area (Å²) in [6.07, 6.45) is 43.1. The van der Waals surface area contributed by atoms with E-state index in [2.05, 4.69) is 62.5 Å². The first-order valence-corrected chi connectivity index (χ1v) is 18.2. The fourth-order valence-electron chi connectivity index (χ4n) is 4.86. The van der Waals surface area contributed by atoms with E-state index in [1.165, 1.54) is 64.2 Å². The second-order valence-corrected chi connectivity index (χ2v) is 11.9. The largest absolute Gasteiger partial charge is 0.462 e. The van der Waals surface area contributed by atoms with Crippen LogP contribution in [0.5, 0.6) is 0 Å². The number of hydrogen-bond acceptors (Lipinski definition) is 5. The molecule has 5 nitrogen and oxygen atoms in total. The molecule has 0 bridgehead atoms. The number of rotatable bonds is 32. The first kappa shape index (κ1) is 41.9. The Hall–Kier alpha value is -2.14. The van der Waals surface area contributed by atoms with Crippen LogP contribution in [0.2, 0.25) is 0 Å². The normalized spacial score (nSPS) is 12.7. The van der Waals surface area contributed by atoms with Crippen molar-refractivity contribution in [2.75, 3.05) is 13.2 Å². The number of allylic oxidation sites excluding steroid dienone is 8. The van der Waals surface area contributed by atoms with Gasteiger partial charge in [-0.05, 0) is 70.6 Å². The molecule has 0 amide bonds. The molecule has 0 radical (unpaired) electrons. The van der Waals surface area contributed by atoms with Crippen molar-refractivity contribution in [3.63, 3.8) is 0 Å². The lowest BCUT2D eigenvalue weighted by Crippen LogP contribution is -2.28. The number of ether oxygens (including phenoxy) is 2. The molecule has 0 aromatic carbocycles. The molecule has 0 aromatic rings. The number of aliphatic hydroxyl groups is 1. The van der Waals surface area contributed by atoms with Gasteiger partial charge in [-0.1, -0.05) is 133 Å². The van der Waals surface area contributed by atoms with Gasteiger partial charge in [-0.25, -0.2) is 0 Å². The third-order valence-corrected chi connectivity index (χ3v) is 7.61. The predicted molar refractivity (Wildman–Crippen MR) is 187 cm³/mol. The minimum absolute atomic E-state index is 0.0780. The number of carbonyl (C=O) groups excluding carboxylic acids is 2. The van der Waals surface area contributed by atoms with Crippen molar-refractivity contribution < 1.29 is 24.2 Å². The first-order valence-electron chi connectivity index (χ1n) is 18.2. The third-order valence-electron chi connectivity index (χ3n) is 7.61. The second kappa shape index (κ2) is 35.3. The van der Waals surface area contributed by atoms with Crippen LogP contribution < -0.4 is 0 Å². The minimum Gasteiger partial charge on any atom is -0.462 e. The molecule has 0 aliphatic carbocycles. The number of carbonyl (C=O) groups is 2. The Morgan fingerprint density at radius 1 is 0.545 bits per heavy atom. The van der Waals surface area contributed by atoms with Gasteiger partial charge in [-0.3, -0.25) is 9.59 Å². The first-order chi connectivity index (χ1) is 21.6. The lowest BCUT2D eigenvalue weighted by molar-refractivity contribution is -0.161. The highest BCUT2D eigenvalue weighted by molar-refractivity contribution is 5.70. The summed E-state index contributed by atoms with van der Waals surface area (Å²) in [6, 6.07) is 0. The van der Waals surface area contributed by atoms with Crippen LogP contribution in [-0.2, 0) is 19.1 Å². The minimum atomic E-state index is -0.782. The second-order valence-electron chi connectivity index (χ2n) is 11.9. The molecule has 1 N–H and O–H groups in total. The summed E-state index contributed by atoms with van der Waals surface area (Å²) < 4.78 is 10.6. The predicted octanol–water partition coefficient (Wildman–Crippen LogP) is 11.1. The molecular weight excluding hydrogens is 548 g/mol. The van der Waals surface area contributed by atoms with Crippen LogP contribution in [0.3, 0.4) is 0 Å². The summed E-state index contributed by atoms with van der Waals surface area (Å²) in [5.74, 6) is -0.623. The highest BCUT2D eigenvalue weighted by Gasteiger charge is 2.16. The standard InChI is InChI=1S/C39H68O5/c1-3-5-7-9-11-13-15-17-19-21-23-25-27-29-31-33-38(41)43-36-37(35-40)44-39(42)34-32-30-28-26-24-22-20-18-16-14-12-10-8-6-4-2/h6,8,12,14,17-20,37,40H,3-5,7,9-11,13,15-16,21-36H2,1-2H3/b8-6-,14-12-,19-17-,20-18-. The maximum Gasteiger partial charge on any atom is 0.306 e. The summed E-state index contributed by atoms with van der Waals surface area (Å²) >= 11 is 0. The highest BCUT2D eigenvalue weighted by atomic mass is 16.6. The van der Waals surface area contributed by atoms with Crippen molar-refractivity contribution >= 4 is 11.9 Å². The summed E-state index contributed by atoms with van der Waals surface area (Å²) in [5, 5.41) is 9.52. The summed E-state index contributed by atoms with van der Waals surface area (Å²) in [4.78, 5) is 24.2. The maximum atomic E-state index is 12.1. The molecule has 0 saturated carbocycles. The third kappa shape index (κ3) is 32.8. The Kier molecular flexibility index (Phi) is 33.6. The fourth-order valence-corrected chi connectivity index (χ4v) is 4.86. The molecule has 254 valence electrons. The average molecular weight is 617 g/mol. The van der Waals surface area contributed by atoms with Crippen molar-refractivity contribution in [2.24, 2.45) is 0 Å². The van der Waals surface area contributed by atoms with E-state index >= 15 is 0 Å². The van der Waals surface area contributed by atoms with Gasteiger partial charge >= 0.3 is 11.9 Å². The summed E-state index contributed by atoms with van der Waals surface area (Å²) in [5.41, 5.74) is 0. The van der Waals surface area contributed by atoms with Gasteiger partial charge in [0.05, 0.1) is 6.61 Å². The van der Waals surface area contributed by atoms with E-state index < -0.39 is 6.10 Å². The van der Waals surface area contributed by atoms with E-state index in [0.717, 1.165) is 77.0 Å². The van der Waals surface area contributed by atoms with Gasteiger partial charge in [-0.2, -0.15) is 0 Å². The van der Waals surface area contributed by atoms with Crippen LogP contribution in [0.15, 0.2) is 48.6 Å². The van der Waals surface area contributed by atoms with E-state index in [4.69, 9.17) is 9.47 Å². The summed E-state index contributed by atoms with van der Waals surface area (Å²) in [6.45, 7) is 3.98. The topological polar surface area (TPSA) is 72.8 Å². The average Bonchev–Trinajstić information content (AvgIpc) is 3.02. The molecule has 0 aliphatic rings. The zero-order valence-electron chi connectivity index (χ0n) is 28.7. The maximum absolute atomic E-state index is 12.1. The molecule has 44 heavy (non-hydrogen) atoms. The molecule has 0 rings (SSSR count). The Morgan fingerprint density at radius 2 is 0.977 bits per heavy atom. The zero-order chi connectivity index (χ0) is 32.2. The van der Waals surface area contributed by atoms with Crippen LogP contribution in [0.1, 0.15) is 168 Å². The lowest BCUT2D eigenvalue weighted by atomic mass is 10.1. The Bertz CT molecular complexity index is 752. The molecule has 0 heterocycles. The van der Waals surface area contributed by atoms with Crippen molar-refractivity contribution in [2.45, 2.75) is 174 Å². The van der Waals surface area contributed by atoms with Crippen molar-refractivity contribution in [3.8, 4) is 0 Å². The van der Waals surface area contributed by atoms with E-state index in [1.807, 2.05) is 0 Å².